The van der Waals surface area contributed by atoms with Crippen molar-refractivity contribution in [1.29, 1.82) is 0 Å². The molecule has 7 nitrogen and oxygen atoms in total. The van der Waals surface area contributed by atoms with Crippen LogP contribution in [0.15, 0.2) is 24.3 Å². The zero-order chi connectivity index (χ0) is 20.0. The number of likely N-dealkylation sites (tertiary alicyclic amines) is 1. The van der Waals surface area contributed by atoms with Crippen LogP contribution in [0.1, 0.15) is 37.8 Å². The predicted octanol–water partition coefficient (Wildman–Crippen LogP) is 2.25. The molecular weight excluding hydrogens is 372 g/mol. The van der Waals surface area contributed by atoms with Crippen molar-refractivity contribution in [3.05, 3.63) is 34.9 Å². The zero-order valence-electron chi connectivity index (χ0n) is 15.5. The van der Waals surface area contributed by atoms with Crippen LogP contribution in [0.5, 0.6) is 0 Å². The summed E-state index contributed by atoms with van der Waals surface area (Å²) >= 11 is 5.91. The lowest BCUT2D eigenvalue weighted by atomic mass is 9.80. The van der Waals surface area contributed by atoms with Gasteiger partial charge in [0.2, 0.25) is 11.8 Å². The molecule has 0 saturated carbocycles. The summed E-state index contributed by atoms with van der Waals surface area (Å²) in [5.74, 6) is -1.41. The summed E-state index contributed by atoms with van der Waals surface area (Å²) < 4.78 is 5.10. The second kappa shape index (κ2) is 9.19. The largest absolute Gasteiger partial charge is 0.481 e. The number of amides is 2. The van der Waals surface area contributed by atoms with E-state index in [1.54, 1.807) is 29.2 Å². The first-order valence-corrected chi connectivity index (χ1v) is 9.18. The van der Waals surface area contributed by atoms with Crippen LogP contribution in [0.2, 0.25) is 5.02 Å². The molecule has 2 atom stereocenters. The molecule has 0 bridgehead atoms. The highest BCUT2D eigenvalue weighted by Crippen LogP contribution is 2.32. The second-order valence-electron chi connectivity index (χ2n) is 6.95. The fourth-order valence-corrected chi connectivity index (χ4v) is 3.60. The second-order valence-corrected chi connectivity index (χ2v) is 7.38. The lowest BCUT2D eigenvalue weighted by molar-refractivity contribution is -0.159. The average molecular weight is 397 g/mol. The Morgan fingerprint density at radius 3 is 2.56 bits per heavy atom. The van der Waals surface area contributed by atoms with Crippen LogP contribution in [0, 0.1) is 5.41 Å². The van der Waals surface area contributed by atoms with E-state index < -0.39 is 17.4 Å². The van der Waals surface area contributed by atoms with E-state index in [4.69, 9.17) is 16.3 Å². The lowest BCUT2D eigenvalue weighted by Gasteiger charge is -2.40. The van der Waals surface area contributed by atoms with E-state index >= 15 is 0 Å². The number of carboxylic acids is 1. The Labute approximate surface area is 163 Å². The minimum absolute atomic E-state index is 0.0455. The summed E-state index contributed by atoms with van der Waals surface area (Å²) in [4.78, 5) is 37.8. The van der Waals surface area contributed by atoms with Gasteiger partial charge in [-0.05, 0) is 30.5 Å². The number of hydrogen-bond acceptors (Lipinski definition) is 4. The molecule has 27 heavy (non-hydrogen) atoms. The monoisotopic (exact) mass is 396 g/mol. The molecule has 1 aliphatic rings. The Hall–Kier alpha value is -2.12. The average Bonchev–Trinajstić information content (AvgIpc) is 2.61. The third-order valence-corrected chi connectivity index (χ3v) is 5.08. The lowest BCUT2D eigenvalue weighted by Crippen LogP contribution is -2.52. The van der Waals surface area contributed by atoms with Crippen molar-refractivity contribution in [2.75, 3.05) is 26.8 Å². The molecule has 2 amide bonds. The number of benzene rings is 1. The number of carbonyl (C=O) groups is 3. The van der Waals surface area contributed by atoms with Crippen molar-refractivity contribution in [1.82, 2.24) is 10.2 Å². The SMILES string of the molecule is COCC1(C(=O)O)CCCN(C(=O)CC(NC(C)=O)c2ccc(Cl)cc2)C1. The van der Waals surface area contributed by atoms with E-state index in [0.717, 1.165) is 5.56 Å². The highest BCUT2D eigenvalue weighted by Gasteiger charge is 2.44. The highest BCUT2D eigenvalue weighted by molar-refractivity contribution is 6.30. The van der Waals surface area contributed by atoms with Gasteiger partial charge in [0.25, 0.3) is 0 Å². The number of piperidine rings is 1. The highest BCUT2D eigenvalue weighted by atomic mass is 35.5. The number of halogens is 1. The van der Waals surface area contributed by atoms with E-state index in [2.05, 4.69) is 5.32 Å². The molecule has 1 saturated heterocycles. The van der Waals surface area contributed by atoms with Crippen molar-refractivity contribution >= 4 is 29.4 Å². The van der Waals surface area contributed by atoms with Gasteiger partial charge in [-0.15, -0.1) is 0 Å². The number of methoxy groups -OCH3 is 1. The van der Waals surface area contributed by atoms with Crippen molar-refractivity contribution in [3.63, 3.8) is 0 Å². The van der Waals surface area contributed by atoms with Crippen molar-refractivity contribution in [3.8, 4) is 0 Å². The molecule has 8 heteroatoms. The summed E-state index contributed by atoms with van der Waals surface area (Å²) in [6, 6.07) is 6.42. The topological polar surface area (TPSA) is 95.9 Å². The van der Waals surface area contributed by atoms with Crippen molar-refractivity contribution in [2.24, 2.45) is 5.41 Å². The molecule has 0 aliphatic carbocycles. The minimum atomic E-state index is -1.09. The molecule has 2 rings (SSSR count). The van der Waals surface area contributed by atoms with Gasteiger partial charge in [0, 0.05) is 32.1 Å². The summed E-state index contributed by atoms with van der Waals surface area (Å²) in [5.41, 5.74) is -0.326. The number of ether oxygens (including phenoxy) is 1. The molecule has 2 N–H and O–H groups in total. The number of nitrogens with zero attached hydrogens (tertiary/aromatic N) is 1. The molecule has 1 aromatic carbocycles. The zero-order valence-corrected chi connectivity index (χ0v) is 16.3. The number of carboxylic acid groups (broad SMARTS) is 1. The van der Waals surface area contributed by atoms with Gasteiger partial charge in [0.1, 0.15) is 5.41 Å². The predicted molar refractivity (Wildman–Crippen MR) is 100 cm³/mol. The van der Waals surface area contributed by atoms with Gasteiger partial charge < -0.3 is 20.1 Å². The molecule has 0 spiro atoms. The van der Waals surface area contributed by atoms with Crippen LogP contribution >= 0.6 is 11.6 Å². The Kier molecular flexibility index (Phi) is 7.21. The normalized spacial score (nSPS) is 20.8. The van der Waals surface area contributed by atoms with Crippen LogP contribution in [0.4, 0.5) is 0 Å². The van der Waals surface area contributed by atoms with Crippen LogP contribution in [0.25, 0.3) is 0 Å². The maximum Gasteiger partial charge on any atom is 0.313 e. The standard InChI is InChI=1S/C19H25ClN2O5/c1-13(23)21-16(14-4-6-15(20)7-5-14)10-17(24)22-9-3-8-19(11-22,12-27-2)18(25)26/h4-7,16H,3,8-12H2,1-2H3,(H,21,23)(H,25,26). The quantitative estimate of drug-likeness (QED) is 0.736. The Bertz CT molecular complexity index is 690. The maximum atomic E-state index is 12.9. The molecule has 1 aromatic rings. The van der Waals surface area contributed by atoms with E-state index in [9.17, 15) is 19.5 Å². The van der Waals surface area contributed by atoms with Gasteiger partial charge in [-0.2, -0.15) is 0 Å². The van der Waals surface area contributed by atoms with E-state index in [0.29, 0.717) is 24.4 Å². The number of nitrogens with one attached hydrogen (secondary N) is 1. The first-order chi connectivity index (χ1) is 12.8. The van der Waals surface area contributed by atoms with Crippen LogP contribution < -0.4 is 5.32 Å². The number of rotatable bonds is 7. The van der Waals surface area contributed by atoms with Crippen LogP contribution in [-0.4, -0.2) is 54.6 Å². The van der Waals surface area contributed by atoms with Crippen molar-refractivity contribution < 1.29 is 24.2 Å². The van der Waals surface area contributed by atoms with Gasteiger partial charge in [0.15, 0.2) is 0 Å². The summed E-state index contributed by atoms with van der Waals surface area (Å²) in [7, 11) is 1.46. The van der Waals surface area contributed by atoms with E-state index in [1.165, 1.54) is 14.0 Å². The van der Waals surface area contributed by atoms with Crippen LogP contribution in [-0.2, 0) is 19.1 Å². The molecular formula is C19H25ClN2O5. The first-order valence-electron chi connectivity index (χ1n) is 8.80. The third-order valence-electron chi connectivity index (χ3n) is 4.83. The third kappa shape index (κ3) is 5.43. The van der Waals surface area contributed by atoms with Gasteiger partial charge >= 0.3 is 5.97 Å². The molecule has 148 valence electrons. The molecule has 1 aliphatic heterocycles. The molecule has 1 fully saturated rings. The summed E-state index contributed by atoms with van der Waals surface area (Å²) in [6.45, 7) is 2.04. The van der Waals surface area contributed by atoms with Gasteiger partial charge in [0.05, 0.1) is 19.1 Å². The minimum Gasteiger partial charge on any atom is -0.481 e. The summed E-state index contributed by atoms with van der Waals surface area (Å²) in [5, 5.41) is 13.0. The summed E-state index contributed by atoms with van der Waals surface area (Å²) in [6.07, 6.45) is 1.10. The fraction of sp³-hybridized carbons (Fsp3) is 0.526. The van der Waals surface area contributed by atoms with Crippen LogP contribution in [0.3, 0.4) is 0 Å². The Balaban J connectivity index is 2.15. The molecule has 0 aromatic heterocycles. The molecule has 2 unspecified atom stereocenters. The first kappa shape index (κ1) is 21.2. The maximum absolute atomic E-state index is 12.9. The van der Waals surface area contributed by atoms with E-state index in [-0.39, 0.29) is 31.4 Å². The number of carbonyl (C=O) groups excluding carboxylic acids is 2. The van der Waals surface area contributed by atoms with Gasteiger partial charge in [-0.25, -0.2) is 0 Å². The van der Waals surface area contributed by atoms with E-state index in [1.807, 2.05) is 0 Å². The smallest absolute Gasteiger partial charge is 0.313 e. The Morgan fingerprint density at radius 2 is 2.00 bits per heavy atom. The van der Waals surface area contributed by atoms with Gasteiger partial charge in [-0.3, -0.25) is 14.4 Å². The van der Waals surface area contributed by atoms with Gasteiger partial charge in [-0.1, -0.05) is 23.7 Å². The molecule has 0 radical (unpaired) electrons. The Morgan fingerprint density at radius 1 is 1.33 bits per heavy atom. The number of aliphatic carboxylic acids is 1. The number of hydrogen-bond donors (Lipinski definition) is 2. The van der Waals surface area contributed by atoms with Crippen molar-refractivity contribution in [2.45, 2.75) is 32.2 Å². The molecule has 1 heterocycles. The fourth-order valence-electron chi connectivity index (χ4n) is 3.47.